The maximum absolute atomic E-state index is 12.3. The Morgan fingerprint density at radius 3 is 2.64 bits per heavy atom. The molecule has 0 heterocycles. The molecule has 120 valence electrons. The molecule has 0 aliphatic rings. The van der Waals surface area contributed by atoms with Gasteiger partial charge in [0.25, 0.3) is 0 Å². The van der Waals surface area contributed by atoms with Gasteiger partial charge < -0.3 is 10.2 Å². The van der Waals surface area contributed by atoms with Crippen molar-refractivity contribution in [2.45, 2.75) is 25.9 Å². The predicted octanol–water partition coefficient (Wildman–Crippen LogP) is 4.46. The van der Waals surface area contributed by atoms with E-state index in [1.807, 2.05) is 13.0 Å². The van der Waals surface area contributed by atoms with Crippen molar-refractivity contribution in [3.05, 3.63) is 28.2 Å². The molecule has 1 aromatic rings. The van der Waals surface area contributed by atoms with E-state index in [1.54, 1.807) is 18.2 Å². The second-order valence-electron chi connectivity index (χ2n) is 4.65. The first kappa shape index (κ1) is 18.3. The Labute approximate surface area is 135 Å². The molecule has 0 aliphatic heterocycles. The molecule has 0 saturated carbocycles. The summed E-state index contributed by atoms with van der Waals surface area (Å²) < 4.78 is 37.8. The fraction of sp³-hybridized carbons (Fsp3) is 0.429. The van der Waals surface area contributed by atoms with E-state index >= 15 is 0 Å². The third-order valence-corrected chi connectivity index (χ3v) is 3.74. The van der Waals surface area contributed by atoms with Crippen LogP contribution in [0.25, 0.3) is 0 Å². The summed E-state index contributed by atoms with van der Waals surface area (Å²) in [7, 11) is 0. The number of carbonyl (C=O) groups excluding carboxylic acids is 1. The normalized spacial score (nSPS) is 10.9. The molecule has 0 unspecified atom stereocenters. The lowest BCUT2D eigenvalue weighted by atomic mass is 10.2. The van der Waals surface area contributed by atoms with Crippen LogP contribution in [0.4, 0.5) is 23.7 Å². The average molecular weight is 378 g/mol. The highest BCUT2D eigenvalue weighted by molar-refractivity contribution is 9.10. The van der Waals surface area contributed by atoms with Crippen LogP contribution in [0, 0.1) is 18.3 Å². The molecule has 0 bridgehead atoms. The standard InChI is InChI=1S/C14H15BrF3N3O/c1-10-9-11(3-4-12(10)15)20-13(22)21(7-2-6-19)8-5-14(16,17)18/h3-4,9H,2,5,7-8H2,1H3,(H,20,22). The number of alkyl halides is 3. The Bertz CT molecular complexity index is 569. The Kier molecular flexibility index (Phi) is 6.68. The molecule has 4 nitrogen and oxygen atoms in total. The minimum absolute atomic E-state index is 0.0232. The summed E-state index contributed by atoms with van der Waals surface area (Å²) >= 11 is 3.32. The summed E-state index contributed by atoms with van der Waals surface area (Å²) in [5.41, 5.74) is 1.37. The second-order valence-corrected chi connectivity index (χ2v) is 5.51. The van der Waals surface area contributed by atoms with Crippen LogP contribution in [0.15, 0.2) is 22.7 Å². The number of nitrogens with one attached hydrogen (secondary N) is 1. The molecule has 1 N–H and O–H groups in total. The van der Waals surface area contributed by atoms with Crippen molar-refractivity contribution in [1.82, 2.24) is 4.90 Å². The summed E-state index contributed by atoms with van der Waals surface area (Å²) in [6, 6.07) is 6.25. The Morgan fingerprint density at radius 1 is 1.41 bits per heavy atom. The SMILES string of the molecule is Cc1cc(NC(=O)N(CCC#N)CCC(F)(F)F)ccc1Br. The van der Waals surface area contributed by atoms with Gasteiger partial charge in [-0.1, -0.05) is 15.9 Å². The van der Waals surface area contributed by atoms with Gasteiger partial charge in [0.2, 0.25) is 0 Å². The lowest BCUT2D eigenvalue weighted by Gasteiger charge is -2.23. The highest BCUT2D eigenvalue weighted by Gasteiger charge is 2.29. The van der Waals surface area contributed by atoms with E-state index in [2.05, 4.69) is 21.2 Å². The van der Waals surface area contributed by atoms with Gasteiger partial charge in [-0.25, -0.2) is 4.79 Å². The van der Waals surface area contributed by atoms with Crippen molar-refractivity contribution in [1.29, 1.82) is 5.26 Å². The van der Waals surface area contributed by atoms with E-state index in [1.165, 1.54) is 0 Å². The van der Waals surface area contributed by atoms with Gasteiger partial charge in [0.1, 0.15) is 0 Å². The van der Waals surface area contributed by atoms with Crippen LogP contribution in [-0.4, -0.2) is 30.2 Å². The Hall–Kier alpha value is -1.75. The van der Waals surface area contributed by atoms with E-state index in [9.17, 15) is 18.0 Å². The van der Waals surface area contributed by atoms with Gasteiger partial charge in [-0.15, -0.1) is 0 Å². The zero-order chi connectivity index (χ0) is 16.8. The number of hydrogen-bond acceptors (Lipinski definition) is 2. The molecule has 0 aromatic heterocycles. The van der Waals surface area contributed by atoms with Gasteiger partial charge >= 0.3 is 12.2 Å². The minimum Gasteiger partial charge on any atom is -0.323 e. The van der Waals surface area contributed by atoms with Crippen LogP contribution >= 0.6 is 15.9 Å². The maximum atomic E-state index is 12.3. The van der Waals surface area contributed by atoms with Gasteiger partial charge in [-0.2, -0.15) is 18.4 Å². The number of hydrogen-bond donors (Lipinski definition) is 1. The Balaban J connectivity index is 2.73. The molecule has 1 rings (SSSR count). The fourth-order valence-corrected chi connectivity index (χ4v) is 1.93. The minimum atomic E-state index is -4.35. The largest absolute Gasteiger partial charge is 0.390 e. The summed E-state index contributed by atoms with van der Waals surface area (Å²) in [5.74, 6) is 0. The lowest BCUT2D eigenvalue weighted by molar-refractivity contribution is -0.136. The number of nitriles is 1. The number of anilines is 1. The van der Waals surface area contributed by atoms with Crippen molar-refractivity contribution in [2.24, 2.45) is 0 Å². The van der Waals surface area contributed by atoms with Gasteiger partial charge in [0, 0.05) is 23.2 Å². The first-order valence-corrected chi connectivity index (χ1v) is 7.28. The molecule has 1 aromatic carbocycles. The van der Waals surface area contributed by atoms with Gasteiger partial charge in [0.15, 0.2) is 0 Å². The van der Waals surface area contributed by atoms with Crippen LogP contribution < -0.4 is 5.32 Å². The summed E-state index contributed by atoms with van der Waals surface area (Å²) in [6.07, 6.45) is -5.48. The molecular formula is C14H15BrF3N3O. The highest BCUT2D eigenvalue weighted by atomic mass is 79.9. The topological polar surface area (TPSA) is 56.1 Å². The van der Waals surface area contributed by atoms with Gasteiger partial charge in [-0.05, 0) is 30.7 Å². The van der Waals surface area contributed by atoms with E-state index in [0.717, 1.165) is 14.9 Å². The Morgan fingerprint density at radius 2 is 2.09 bits per heavy atom. The number of rotatable bonds is 5. The predicted molar refractivity (Wildman–Crippen MR) is 80.4 cm³/mol. The third-order valence-electron chi connectivity index (χ3n) is 2.86. The maximum Gasteiger partial charge on any atom is 0.390 e. The number of amides is 2. The quantitative estimate of drug-likeness (QED) is 0.823. The molecule has 0 spiro atoms. The van der Waals surface area contributed by atoms with Crippen LogP contribution in [0.3, 0.4) is 0 Å². The molecule has 0 saturated heterocycles. The summed E-state index contributed by atoms with van der Waals surface area (Å²) in [5, 5.41) is 11.1. The fourth-order valence-electron chi connectivity index (χ4n) is 1.69. The first-order chi connectivity index (χ1) is 10.2. The van der Waals surface area contributed by atoms with Crippen LogP contribution in [0.2, 0.25) is 0 Å². The number of urea groups is 1. The number of benzene rings is 1. The molecule has 2 amide bonds. The smallest absolute Gasteiger partial charge is 0.323 e. The second kappa shape index (κ2) is 8.03. The van der Waals surface area contributed by atoms with Crippen molar-refractivity contribution in [3.63, 3.8) is 0 Å². The third kappa shape index (κ3) is 6.35. The molecule has 22 heavy (non-hydrogen) atoms. The number of carbonyl (C=O) groups is 1. The van der Waals surface area contributed by atoms with E-state index in [0.29, 0.717) is 5.69 Å². The van der Waals surface area contributed by atoms with Crippen molar-refractivity contribution < 1.29 is 18.0 Å². The molecule has 0 aliphatic carbocycles. The van der Waals surface area contributed by atoms with Crippen molar-refractivity contribution in [2.75, 3.05) is 18.4 Å². The zero-order valence-electron chi connectivity index (χ0n) is 11.9. The van der Waals surface area contributed by atoms with Crippen molar-refractivity contribution in [3.8, 4) is 6.07 Å². The number of nitrogens with zero attached hydrogens (tertiary/aromatic N) is 2. The first-order valence-electron chi connectivity index (χ1n) is 6.48. The molecule has 8 heteroatoms. The van der Waals surface area contributed by atoms with E-state index in [-0.39, 0.29) is 13.0 Å². The molecule has 0 radical (unpaired) electrons. The average Bonchev–Trinajstić information content (AvgIpc) is 2.41. The lowest BCUT2D eigenvalue weighted by Crippen LogP contribution is -2.38. The van der Waals surface area contributed by atoms with Crippen LogP contribution in [0.5, 0.6) is 0 Å². The zero-order valence-corrected chi connectivity index (χ0v) is 13.5. The number of aryl methyl sites for hydroxylation is 1. The molecule has 0 fully saturated rings. The highest BCUT2D eigenvalue weighted by Crippen LogP contribution is 2.22. The van der Waals surface area contributed by atoms with E-state index in [4.69, 9.17) is 5.26 Å². The van der Waals surface area contributed by atoms with Gasteiger partial charge in [0.05, 0.1) is 18.9 Å². The molecular weight excluding hydrogens is 363 g/mol. The summed E-state index contributed by atoms with van der Waals surface area (Å²) in [6.45, 7) is 1.30. The van der Waals surface area contributed by atoms with Crippen LogP contribution in [-0.2, 0) is 0 Å². The van der Waals surface area contributed by atoms with Gasteiger partial charge in [-0.3, -0.25) is 0 Å². The monoisotopic (exact) mass is 377 g/mol. The summed E-state index contributed by atoms with van der Waals surface area (Å²) in [4.78, 5) is 13.1. The number of halogens is 4. The van der Waals surface area contributed by atoms with E-state index < -0.39 is 25.2 Å². The molecule has 0 atom stereocenters. The van der Waals surface area contributed by atoms with Crippen LogP contribution in [0.1, 0.15) is 18.4 Å². The van der Waals surface area contributed by atoms with Crippen molar-refractivity contribution >= 4 is 27.6 Å².